The van der Waals surface area contributed by atoms with Gasteiger partial charge in [-0.2, -0.15) is 0 Å². The van der Waals surface area contributed by atoms with Gasteiger partial charge in [-0.3, -0.25) is 4.79 Å². The maximum absolute atomic E-state index is 12.7. The standard InChI is InChI=1S/C17H20F2N2O5S/c1-25-10-8-21(12-16(18)19)17(22)13-4-6-15(7-5-13)27(23,24)20-11-14-3-2-9-26-14/h2-7,9,16,20H,8,10-12H2,1H3. The summed E-state index contributed by atoms with van der Waals surface area (Å²) in [6.45, 7) is -0.631. The average molecular weight is 402 g/mol. The molecular formula is C17H20F2N2O5S. The fourth-order valence-corrected chi connectivity index (χ4v) is 3.26. The van der Waals surface area contributed by atoms with E-state index in [2.05, 4.69) is 4.72 Å². The number of furan rings is 1. The Bertz CT molecular complexity index is 824. The molecule has 7 nitrogen and oxygen atoms in total. The van der Waals surface area contributed by atoms with Gasteiger partial charge in [-0.05, 0) is 36.4 Å². The summed E-state index contributed by atoms with van der Waals surface area (Å²) in [5.41, 5.74) is 0.108. The van der Waals surface area contributed by atoms with Gasteiger partial charge in [0.15, 0.2) is 0 Å². The maximum atomic E-state index is 12.7. The number of ether oxygens (including phenoxy) is 1. The number of amides is 1. The lowest BCUT2D eigenvalue weighted by atomic mass is 10.2. The van der Waals surface area contributed by atoms with Crippen LogP contribution in [-0.2, 0) is 21.3 Å². The molecule has 1 aromatic heterocycles. The first-order chi connectivity index (χ1) is 12.8. The maximum Gasteiger partial charge on any atom is 0.255 e. The second-order valence-electron chi connectivity index (χ2n) is 5.56. The second-order valence-corrected chi connectivity index (χ2v) is 7.33. The van der Waals surface area contributed by atoms with Crippen molar-refractivity contribution in [2.75, 3.05) is 26.8 Å². The first-order valence-electron chi connectivity index (χ1n) is 8.02. The smallest absolute Gasteiger partial charge is 0.255 e. The molecule has 1 heterocycles. The molecule has 148 valence electrons. The van der Waals surface area contributed by atoms with Gasteiger partial charge >= 0.3 is 0 Å². The van der Waals surface area contributed by atoms with Crippen molar-refractivity contribution in [3.05, 3.63) is 54.0 Å². The summed E-state index contributed by atoms with van der Waals surface area (Å²) in [6.07, 6.45) is -1.25. The lowest BCUT2D eigenvalue weighted by molar-refractivity contribution is 0.0478. The Morgan fingerprint density at radius 1 is 1.26 bits per heavy atom. The van der Waals surface area contributed by atoms with Gasteiger partial charge in [-0.25, -0.2) is 21.9 Å². The highest BCUT2D eigenvalue weighted by Gasteiger charge is 2.21. The Labute approximate surface area is 156 Å². The van der Waals surface area contributed by atoms with Crippen molar-refractivity contribution in [3.63, 3.8) is 0 Å². The molecule has 2 aromatic rings. The first-order valence-corrected chi connectivity index (χ1v) is 9.50. The van der Waals surface area contributed by atoms with Crippen molar-refractivity contribution in [1.29, 1.82) is 0 Å². The molecule has 0 bridgehead atoms. The van der Waals surface area contributed by atoms with Crippen LogP contribution in [0.5, 0.6) is 0 Å². The zero-order valence-electron chi connectivity index (χ0n) is 14.6. The van der Waals surface area contributed by atoms with E-state index >= 15 is 0 Å². The van der Waals surface area contributed by atoms with Gasteiger partial charge in [-0.15, -0.1) is 0 Å². The fraction of sp³-hybridized carbons (Fsp3) is 0.353. The van der Waals surface area contributed by atoms with Crippen LogP contribution in [-0.4, -0.2) is 52.5 Å². The van der Waals surface area contributed by atoms with Gasteiger partial charge < -0.3 is 14.1 Å². The number of methoxy groups -OCH3 is 1. The highest BCUT2D eigenvalue weighted by Crippen LogP contribution is 2.14. The molecule has 1 amide bonds. The third kappa shape index (κ3) is 6.12. The third-order valence-electron chi connectivity index (χ3n) is 3.64. The highest BCUT2D eigenvalue weighted by molar-refractivity contribution is 7.89. The summed E-state index contributed by atoms with van der Waals surface area (Å²) in [5, 5.41) is 0. The van der Waals surface area contributed by atoms with Crippen LogP contribution in [0.3, 0.4) is 0 Å². The van der Waals surface area contributed by atoms with Crippen LogP contribution in [0.15, 0.2) is 52.0 Å². The van der Waals surface area contributed by atoms with Crippen LogP contribution in [0.4, 0.5) is 8.78 Å². The number of nitrogens with one attached hydrogen (secondary N) is 1. The molecule has 0 fully saturated rings. The lowest BCUT2D eigenvalue weighted by Gasteiger charge is -2.22. The monoisotopic (exact) mass is 402 g/mol. The van der Waals surface area contributed by atoms with E-state index in [1.807, 2.05) is 0 Å². The lowest BCUT2D eigenvalue weighted by Crippen LogP contribution is -2.37. The largest absolute Gasteiger partial charge is 0.468 e. The number of carbonyl (C=O) groups is 1. The number of halogens is 2. The van der Waals surface area contributed by atoms with Crippen molar-refractivity contribution in [2.45, 2.75) is 17.9 Å². The zero-order valence-corrected chi connectivity index (χ0v) is 15.4. The summed E-state index contributed by atoms with van der Waals surface area (Å²) in [5.74, 6) is -0.175. The van der Waals surface area contributed by atoms with Crippen LogP contribution >= 0.6 is 0 Å². The Morgan fingerprint density at radius 2 is 1.96 bits per heavy atom. The van der Waals surface area contributed by atoms with Crippen molar-refractivity contribution < 1.29 is 31.1 Å². The van der Waals surface area contributed by atoms with Crippen molar-refractivity contribution in [2.24, 2.45) is 0 Å². The summed E-state index contributed by atoms with van der Waals surface area (Å²) >= 11 is 0. The number of alkyl halides is 2. The summed E-state index contributed by atoms with van der Waals surface area (Å²) < 4.78 is 62.1. The topological polar surface area (TPSA) is 88.8 Å². The quantitative estimate of drug-likeness (QED) is 0.658. The zero-order chi connectivity index (χ0) is 19.9. The molecular weight excluding hydrogens is 382 g/mol. The molecule has 0 spiro atoms. The molecule has 0 aliphatic heterocycles. The highest BCUT2D eigenvalue weighted by atomic mass is 32.2. The number of carbonyl (C=O) groups excluding carboxylic acids is 1. The number of rotatable bonds is 10. The molecule has 0 atom stereocenters. The van der Waals surface area contributed by atoms with Gasteiger partial charge in [0.25, 0.3) is 12.3 Å². The van der Waals surface area contributed by atoms with Gasteiger partial charge in [0.2, 0.25) is 10.0 Å². The molecule has 0 saturated carbocycles. The molecule has 2 rings (SSSR count). The summed E-state index contributed by atoms with van der Waals surface area (Å²) in [6, 6.07) is 8.33. The molecule has 0 aliphatic carbocycles. The molecule has 0 radical (unpaired) electrons. The molecule has 10 heteroatoms. The van der Waals surface area contributed by atoms with Crippen LogP contribution in [0.1, 0.15) is 16.1 Å². The van der Waals surface area contributed by atoms with Crippen molar-refractivity contribution in [3.8, 4) is 0 Å². The molecule has 0 aliphatic rings. The molecule has 1 N–H and O–H groups in total. The Morgan fingerprint density at radius 3 is 2.52 bits per heavy atom. The van der Waals surface area contributed by atoms with Crippen molar-refractivity contribution >= 4 is 15.9 Å². The van der Waals surface area contributed by atoms with E-state index in [1.54, 1.807) is 12.1 Å². The summed E-state index contributed by atoms with van der Waals surface area (Å²) in [4.78, 5) is 13.3. The second kappa shape index (κ2) is 9.58. The number of nitrogens with zero attached hydrogens (tertiary/aromatic N) is 1. The van der Waals surface area contributed by atoms with E-state index in [0.29, 0.717) is 5.76 Å². The van der Waals surface area contributed by atoms with E-state index in [1.165, 1.54) is 37.6 Å². The van der Waals surface area contributed by atoms with Gasteiger partial charge in [0.05, 0.1) is 30.9 Å². The Kier molecular flexibility index (Phi) is 7.45. The minimum atomic E-state index is -3.81. The number of hydrogen-bond donors (Lipinski definition) is 1. The van der Waals surface area contributed by atoms with Crippen LogP contribution in [0, 0.1) is 0 Å². The molecule has 27 heavy (non-hydrogen) atoms. The van der Waals surface area contributed by atoms with Crippen LogP contribution in [0.2, 0.25) is 0 Å². The third-order valence-corrected chi connectivity index (χ3v) is 5.06. The van der Waals surface area contributed by atoms with Crippen LogP contribution < -0.4 is 4.72 Å². The molecule has 1 aromatic carbocycles. The van der Waals surface area contributed by atoms with E-state index in [-0.39, 0.29) is 30.2 Å². The van der Waals surface area contributed by atoms with Gasteiger partial charge in [-0.1, -0.05) is 0 Å². The Balaban J connectivity index is 2.08. The Hall–Kier alpha value is -2.30. The fourth-order valence-electron chi connectivity index (χ4n) is 2.27. The van der Waals surface area contributed by atoms with Crippen molar-refractivity contribution in [1.82, 2.24) is 9.62 Å². The normalized spacial score (nSPS) is 11.7. The number of benzene rings is 1. The van der Waals surface area contributed by atoms with E-state index in [4.69, 9.17) is 9.15 Å². The molecule has 0 saturated heterocycles. The number of hydrogen-bond acceptors (Lipinski definition) is 5. The van der Waals surface area contributed by atoms with Gasteiger partial charge in [0.1, 0.15) is 5.76 Å². The van der Waals surface area contributed by atoms with E-state index in [0.717, 1.165) is 4.90 Å². The van der Waals surface area contributed by atoms with E-state index in [9.17, 15) is 22.0 Å². The van der Waals surface area contributed by atoms with E-state index < -0.39 is 28.9 Å². The minimum absolute atomic E-state index is 0.00439. The minimum Gasteiger partial charge on any atom is -0.468 e. The average Bonchev–Trinajstić information content (AvgIpc) is 3.16. The van der Waals surface area contributed by atoms with Gasteiger partial charge in [0, 0.05) is 19.2 Å². The SMILES string of the molecule is COCCN(CC(F)F)C(=O)c1ccc(S(=O)(=O)NCc2ccco2)cc1. The predicted octanol–water partition coefficient (Wildman–Crippen LogP) is 2.11. The first kappa shape index (κ1) is 21.0. The predicted molar refractivity (Wildman–Crippen MR) is 93.0 cm³/mol. The van der Waals surface area contributed by atoms with Crippen LogP contribution in [0.25, 0.3) is 0 Å². The molecule has 0 unspecified atom stereocenters. The number of sulfonamides is 1. The summed E-state index contributed by atoms with van der Waals surface area (Å²) in [7, 11) is -2.40.